The Bertz CT molecular complexity index is 135. The molecule has 0 aromatic rings. The zero-order valence-electron chi connectivity index (χ0n) is 5.40. The van der Waals surface area contributed by atoms with Gasteiger partial charge in [0.1, 0.15) is 0 Å². The van der Waals surface area contributed by atoms with Gasteiger partial charge in [-0.05, 0) is 0 Å². The molecule has 0 unspecified atom stereocenters. The standard InChI is InChI=1S/C2H2F3NO2/c3-2(4,5)1-8-6-7/h1H2/i1D2. The van der Waals surface area contributed by atoms with Crippen LogP contribution in [0.4, 0.5) is 13.2 Å². The Morgan fingerprint density at radius 2 is 2.25 bits per heavy atom. The van der Waals surface area contributed by atoms with Crippen molar-refractivity contribution in [1.29, 1.82) is 0 Å². The summed E-state index contributed by atoms with van der Waals surface area (Å²) in [5.74, 6) is 0. The van der Waals surface area contributed by atoms with E-state index in [1.165, 1.54) is 5.34 Å². The average molecular weight is 131 g/mol. The van der Waals surface area contributed by atoms with Crippen LogP contribution in [0.5, 0.6) is 0 Å². The third kappa shape index (κ3) is 5.19. The minimum atomic E-state index is -5.24. The van der Waals surface area contributed by atoms with Crippen molar-refractivity contribution in [2.45, 2.75) is 6.18 Å². The summed E-state index contributed by atoms with van der Waals surface area (Å²) >= 11 is 0. The maximum Gasteiger partial charge on any atom is 0.425 e. The molecular weight excluding hydrogens is 127 g/mol. The van der Waals surface area contributed by atoms with Crippen LogP contribution in [-0.2, 0) is 4.84 Å². The summed E-state index contributed by atoms with van der Waals surface area (Å²) < 4.78 is 46.0. The number of hydrogen-bond donors (Lipinski definition) is 0. The molecule has 0 radical (unpaired) electrons. The van der Waals surface area contributed by atoms with Crippen LogP contribution >= 0.6 is 0 Å². The summed E-state index contributed by atoms with van der Waals surface area (Å²) in [6, 6.07) is 0. The van der Waals surface area contributed by atoms with Gasteiger partial charge in [0.2, 0.25) is 6.56 Å². The molecule has 6 heteroatoms. The van der Waals surface area contributed by atoms with E-state index in [-0.39, 0.29) is 0 Å². The first-order chi connectivity index (χ1) is 4.31. The van der Waals surface area contributed by atoms with Crippen molar-refractivity contribution in [2.24, 2.45) is 5.34 Å². The molecule has 0 rings (SSSR count). The summed E-state index contributed by atoms with van der Waals surface area (Å²) in [4.78, 5) is 11.9. The van der Waals surface area contributed by atoms with Gasteiger partial charge in [0.15, 0.2) is 5.34 Å². The minimum absolute atomic E-state index is 1.33. The van der Waals surface area contributed by atoms with Crippen LogP contribution < -0.4 is 0 Å². The maximum atomic E-state index is 11.3. The Labute approximate surface area is 45.2 Å². The van der Waals surface area contributed by atoms with Gasteiger partial charge in [-0.2, -0.15) is 13.2 Å². The van der Waals surface area contributed by atoms with Crippen LogP contribution in [-0.4, -0.2) is 12.7 Å². The zero-order valence-corrected chi connectivity index (χ0v) is 3.40. The van der Waals surface area contributed by atoms with Crippen LogP contribution in [0.25, 0.3) is 0 Å². The van der Waals surface area contributed by atoms with E-state index in [4.69, 9.17) is 7.65 Å². The second-order valence-electron chi connectivity index (χ2n) is 0.766. The highest BCUT2D eigenvalue weighted by Gasteiger charge is 2.28. The summed E-state index contributed by atoms with van der Waals surface area (Å²) in [5, 5.41) is 1.33. The Kier molecular flexibility index (Phi) is 1.28. The molecular formula is C2H2F3NO2. The molecule has 0 bridgehead atoms. The second-order valence-corrected chi connectivity index (χ2v) is 0.766. The highest BCUT2D eigenvalue weighted by molar-refractivity contribution is 4.42. The predicted octanol–water partition coefficient (Wildman–Crippen LogP) is 1.25. The average Bonchev–Trinajstić information content (AvgIpc) is 1.61. The molecule has 0 aromatic heterocycles. The molecule has 0 saturated carbocycles. The third-order valence-corrected chi connectivity index (χ3v) is 0.199. The van der Waals surface area contributed by atoms with E-state index >= 15 is 0 Å². The number of alkyl halides is 3. The van der Waals surface area contributed by atoms with E-state index in [2.05, 4.69) is 4.84 Å². The highest BCUT2D eigenvalue weighted by Crippen LogP contribution is 2.13. The molecule has 0 amide bonds. The van der Waals surface area contributed by atoms with Gasteiger partial charge in [0.25, 0.3) is 0 Å². The van der Waals surface area contributed by atoms with Gasteiger partial charge in [-0.3, -0.25) is 0 Å². The van der Waals surface area contributed by atoms with Crippen LogP contribution in [0, 0.1) is 4.91 Å². The fraction of sp³-hybridized carbons (Fsp3) is 1.00. The third-order valence-electron chi connectivity index (χ3n) is 0.199. The lowest BCUT2D eigenvalue weighted by Gasteiger charge is -1.99. The topological polar surface area (TPSA) is 38.7 Å². The number of rotatable bonds is 2. The van der Waals surface area contributed by atoms with Crippen molar-refractivity contribution in [1.82, 2.24) is 0 Å². The van der Waals surface area contributed by atoms with Gasteiger partial charge in [-0.15, -0.1) is 4.91 Å². The molecule has 0 atom stereocenters. The van der Waals surface area contributed by atoms with E-state index in [9.17, 15) is 13.2 Å². The molecule has 8 heavy (non-hydrogen) atoms. The highest BCUT2D eigenvalue weighted by atomic mass is 19.4. The molecule has 0 saturated heterocycles. The van der Waals surface area contributed by atoms with Gasteiger partial charge in [0, 0.05) is 0 Å². The van der Waals surface area contributed by atoms with Crippen LogP contribution in [0.3, 0.4) is 0 Å². The molecule has 0 aliphatic carbocycles. The van der Waals surface area contributed by atoms with Gasteiger partial charge in [-0.25, -0.2) is 0 Å². The molecule has 0 fully saturated rings. The number of hydrogen-bond acceptors (Lipinski definition) is 3. The zero-order chi connectivity index (χ0) is 8.41. The lowest BCUT2D eigenvalue weighted by Crippen LogP contribution is -2.14. The molecule has 0 heterocycles. The Morgan fingerprint density at radius 3 is 2.38 bits per heavy atom. The molecule has 0 N–H and O–H groups in total. The fourth-order valence-electron chi connectivity index (χ4n) is 0.0704. The summed E-state index contributed by atoms with van der Waals surface area (Å²) in [7, 11) is 0. The van der Waals surface area contributed by atoms with Crippen molar-refractivity contribution in [3.05, 3.63) is 4.91 Å². The summed E-state index contributed by atoms with van der Waals surface area (Å²) in [6.07, 6.45) is -5.24. The van der Waals surface area contributed by atoms with Gasteiger partial charge >= 0.3 is 6.18 Å². The smallest absolute Gasteiger partial charge is 0.354 e. The van der Waals surface area contributed by atoms with Gasteiger partial charge in [0.05, 0.1) is 2.74 Å². The lowest BCUT2D eigenvalue weighted by atomic mass is 10.7. The molecule has 48 valence electrons. The Morgan fingerprint density at radius 1 is 1.75 bits per heavy atom. The minimum Gasteiger partial charge on any atom is -0.354 e. The Hall–Kier alpha value is -0.810. The monoisotopic (exact) mass is 131 g/mol. The molecule has 0 spiro atoms. The predicted molar refractivity (Wildman–Crippen MR) is 17.8 cm³/mol. The van der Waals surface area contributed by atoms with E-state index in [1.807, 2.05) is 0 Å². The fourth-order valence-corrected chi connectivity index (χ4v) is 0.0704. The first-order valence-corrected chi connectivity index (χ1v) is 1.39. The lowest BCUT2D eigenvalue weighted by molar-refractivity contribution is -0.174. The van der Waals surface area contributed by atoms with Gasteiger partial charge in [-0.1, -0.05) is 0 Å². The van der Waals surface area contributed by atoms with Crippen molar-refractivity contribution < 1.29 is 20.8 Å². The molecule has 0 aliphatic rings. The van der Waals surface area contributed by atoms with E-state index < -0.39 is 12.7 Å². The summed E-state index contributed by atoms with van der Waals surface area (Å²) in [5.41, 5.74) is 0. The van der Waals surface area contributed by atoms with Crippen LogP contribution in [0.2, 0.25) is 0 Å². The Balaban J connectivity index is 4.23. The SMILES string of the molecule is [2H]C([2H])(ON=O)C(F)(F)F. The van der Waals surface area contributed by atoms with Crippen LogP contribution in [0.1, 0.15) is 2.74 Å². The normalized spacial score (nSPS) is 16.4. The largest absolute Gasteiger partial charge is 0.425 e. The molecule has 0 aromatic carbocycles. The van der Waals surface area contributed by atoms with Crippen molar-refractivity contribution in [2.75, 3.05) is 6.56 Å². The molecule has 3 nitrogen and oxygen atoms in total. The van der Waals surface area contributed by atoms with E-state index in [0.717, 1.165) is 0 Å². The van der Waals surface area contributed by atoms with E-state index in [0.29, 0.717) is 0 Å². The summed E-state index contributed by atoms with van der Waals surface area (Å²) in [6.45, 7) is -3.99. The van der Waals surface area contributed by atoms with Crippen LogP contribution in [0.15, 0.2) is 5.34 Å². The first-order valence-electron chi connectivity index (χ1n) is 2.39. The van der Waals surface area contributed by atoms with Crippen molar-refractivity contribution >= 4 is 0 Å². The quantitative estimate of drug-likeness (QED) is 0.417. The molecule has 0 aliphatic heterocycles. The maximum absolute atomic E-state index is 11.3. The van der Waals surface area contributed by atoms with Crippen molar-refractivity contribution in [3.63, 3.8) is 0 Å². The second kappa shape index (κ2) is 2.49. The number of halogens is 3. The number of nitrogens with zero attached hydrogens (tertiary/aromatic N) is 1. The first kappa shape index (κ1) is 4.11. The van der Waals surface area contributed by atoms with Gasteiger partial charge < -0.3 is 4.84 Å². The van der Waals surface area contributed by atoms with E-state index in [1.54, 1.807) is 0 Å². The van der Waals surface area contributed by atoms with Crippen molar-refractivity contribution in [3.8, 4) is 0 Å².